The summed E-state index contributed by atoms with van der Waals surface area (Å²) in [7, 11) is 3.05. The van der Waals surface area contributed by atoms with Crippen LogP contribution in [0.3, 0.4) is 0 Å². The van der Waals surface area contributed by atoms with Crippen molar-refractivity contribution in [2.75, 3.05) is 14.2 Å². The second-order valence-corrected chi connectivity index (χ2v) is 6.15. The summed E-state index contributed by atoms with van der Waals surface area (Å²) in [6.45, 7) is 0.188. The van der Waals surface area contributed by atoms with Crippen LogP contribution >= 0.6 is 11.3 Å². The van der Waals surface area contributed by atoms with E-state index in [0.29, 0.717) is 27.0 Å². The second kappa shape index (κ2) is 6.88. The summed E-state index contributed by atoms with van der Waals surface area (Å²) in [4.78, 5) is 11.4. The Bertz CT molecular complexity index is 871. The Morgan fingerprint density at radius 3 is 2.50 bits per heavy atom. The normalized spacial score (nSPS) is 10.6. The number of hydrogen-bond donors (Lipinski definition) is 0. The summed E-state index contributed by atoms with van der Waals surface area (Å²) >= 11 is 1.21. The molecule has 0 N–H and O–H groups in total. The van der Waals surface area contributed by atoms with E-state index in [4.69, 9.17) is 14.2 Å². The zero-order valence-electron chi connectivity index (χ0n) is 13.2. The van der Waals surface area contributed by atoms with Crippen molar-refractivity contribution in [2.24, 2.45) is 0 Å². The van der Waals surface area contributed by atoms with Crippen LogP contribution in [0.5, 0.6) is 17.2 Å². The highest BCUT2D eigenvalue weighted by molar-refractivity contribution is 7.20. The summed E-state index contributed by atoms with van der Waals surface area (Å²) in [6.07, 6.45) is 0.703. The lowest BCUT2D eigenvalue weighted by atomic mass is 10.2. The second-order valence-electron chi connectivity index (χ2n) is 5.04. The van der Waals surface area contributed by atoms with Crippen LogP contribution in [0.25, 0.3) is 10.1 Å². The molecule has 0 saturated heterocycles. The van der Waals surface area contributed by atoms with Gasteiger partial charge in [0.25, 0.3) is 0 Å². The van der Waals surface area contributed by atoms with Crippen molar-refractivity contribution >= 4 is 27.7 Å². The molecule has 1 heterocycles. The van der Waals surface area contributed by atoms with Crippen molar-refractivity contribution in [1.82, 2.24) is 0 Å². The molecule has 24 heavy (non-hydrogen) atoms. The summed E-state index contributed by atoms with van der Waals surface area (Å²) < 4.78 is 31.4. The highest BCUT2D eigenvalue weighted by Crippen LogP contribution is 2.40. The molecule has 2 aromatic carbocycles. The van der Waals surface area contributed by atoms with Gasteiger partial charge in [0.05, 0.1) is 19.1 Å². The van der Waals surface area contributed by atoms with Gasteiger partial charge in [0.1, 0.15) is 12.4 Å². The average Bonchev–Trinajstić information content (AvgIpc) is 3.04. The molecular weight excluding hydrogens is 331 g/mol. The number of benzene rings is 2. The van der Waals surface area contributed by atoms with Gasteiger partial charge >= 0.3 is 0 Å². The molecular formula is C18H15FO4S. The number of aldehydes is 1. The van der Waals surface area contributed by atoms with E-state index in [1.165, 1.54) is 24.5 Å². The van der Waals surface area contributed by atoms with Gasteiger partial charge in [-0.2, -0.15) is 0 Å². The summed E-state index contributed by atoms with van der Waals surface area (Å²) in [6, 6.07) is 10.5. The topological polar surface area (TPSA) is 44.8 Å². The zero-order valence-corrected chi connectivity index (χ0v) is 14.0. The molecule has 0 atom stereocenters. The maximum absolute atomic E-state index is 14.8. The molecule has 4 nitrogen and oxygen atoms in total. The Kier molecular flexibility index (Phi) is 4.66. The fraction of sp³-hybridized carbons (Fsp3) is 0.167. The quantitative estimate of drug-likeness (QED) is 0.619. The monoisotopic (exact) mass is 346 g/mol. The first kappa shape index (κ1) is 16.3. The van der Waals surface area contributed by atoms with Gasteiger partial charge in [0.2, 0.25) is 0 Å². The van der Waals surface area contributed by atoms with Crippen LogP contribution in [0, 0.1) is 5.82 Å². The van der Waals surface area contributed by atoms with E-state index in [1.54, 1.807) is 13.2 Å². The number of carbonyl (C=O) groups is 1. The van der Waals surface area contributed by atoms with Crippen molar-refractivity contribution in [3.8, 4) is 17.2 Å². The van der Waals surface area contributed by atoms with Crippen LogP contribution in [-0.2, 0) is 6.61 Å². The third-order valence-corrected chi connectivity index (χ3v) is 4.59. The van der Waals surface area contributed by atoms with E-state index in [1.807, 2.05) is 24.3 Å². The molecule has 1 aromatic heterocycles. The van der Waals surface area contributed by atoms with E-state index in [2.05, 4.69) is 0 Å². The largest absolute Gasteiger partial charge is 0.497 e. The number of rotatable bonds is 6. The molecule has 0 fully saturated rings. The Morgan fingerprint density at radius 1 is 1.12 bits per heavy atom. The standard InChI is InChI=1S/C18H15FO4S/c1-21-12-5-3-11(4-6-12)10-23-18-15(22-2)8-16-14(17(18)19)7-13(9-20)24-16/h3-9H,10H2,1-2H3. The lowest BCUT2D eigenvalue weighted by Gasteiger charge is -2.12. The lowest BCUT2D eigenvalue weighted by Crippen LogP contribution is -2.00. The van der Waals surface area contributed by atoms with Gasteiger partial charge in [-0.15, -0.1) is 11.3 Å². The van der Waals surface area contributed by atoms with Gasteiger partial charge < -0.3 is 14.2 Å². The molecule has 0 radical (unpaired) electrons. The molecule has 0 aliphatic rings. The van der Waals surface area contributed by atoms with Gasteiger partial charge in [-0.3, -0.25) is 4.79 Å². The van der Waals surface area contributed by atoms with Crippen LogP contribution in [0.4, 0.5) is 4.39 Å². The average molecular weight is 346 g/mol. The zero-order chi connectivity index (χ0) is 17.1. The molecule has 3 rings (SSSR count). The third kappa shape index (κ3) is 3.05. The molecule has 0 amide bonds. The summed E-state index contributed by atoms with van der Waals surface area (Å²) in [5.74, 6) is 0.551. The van der Waals surface area contributed by atoms with E-state index in [-0.39, 0.29) is 12.4 Å². The van der Waals surface area contributed by atoms with Gasteiger partial charge in [0.15, 0.2) is 23.6 Å². The first-order valence-corrected chi connectivity index (χ1v) is 7.99. The first-order chi connectivity index (χ1) is 11.7. The lowest BCUT2D eigenvalue weighted by molar-refractivity contribution is 0.112. The smallest absolute Gasteiger partial charge is 0.198 e. The Labute approximate surface area is 142 Å². The summed E-state index contributed by atoms with van der Waals surface area (Å²) in [5, 5.41) is 0.354. The molecule has 124 valence electrons. The predicted octanol–water partition coefficient (Wildman–Crippen LogP) is 4.45. The van der Waals surface area contributed by atoms with E-state index < -0.39 is 5.82 Å². The van der Waals surface area contributed by atoms with Gasteiger partial charge in [0, 0.05) is 16.2 Å². The number of methoxy groups -OCH3 is 2. The molecule has 0 unspecified atom stereocenters. The fourth-order valence-corrected chi connectivity index (χ4v) is 3.24. The highest BCUT2D eigenvalue weighted by atomic mass is 32.1. The Balaban J connectivity index is 1.91. The van der Waals surface area contributed by atoms with Crippen LogP contribution < -0.4 is 14.2 Å². The maximum atomic E-state index is 14.8. The van der Waals surface area contributed by atoms with Gasteiger partial charge in [-0.05, 0) is 23.8 Å². The fourth-order valence-electron chi connectivity index (χ4n) is 2.34. The number of fused-ring (bicyclic) bond motifs is 1. The number of thiophene rings is 1. The molecule has 3 aromatic rings. The third-order valence-electron chi connectivity index (χ3n) is 3.58. The number of hydrogen-bond acceptors (Lipinski definition) is 5. The number of ether oxygens (including phenoxy) is 3. The van der Waals surface area contributed by atoms with Crippen LogP contribution in [0.15, 0.2) is 36.4 Å². The molecule has 0 saturated carbocycles. The van der Waals surface area contributed by atoms with E-state index in [9.17, 15) is 9.18 Å². The molecule has 0 bridgehead atoms. The Hall–Kier alpha value is -2.60. The van der Waals surface area contributed by atoms with Gasteiger partial charge in [-0.25, -0.2) is 4.39 Å². The van der Waals surface area contributed by atoms with Crippen molar-refractivity contribution in [2.45, 2.75) is 6.61 Å². The maximum Gasteiger partial charge on any atom is 0.198 e. The van der Waals surface area contributed by atoms with Crippen LogP contribution in [0.1, 0.15) is 15.2 Å². The van der Waals surface area contributed by atoms with Crippen LogP contribution in [0.2, 0.25) is 0 Å². The van der Waals surface area contributed by atoms with Crippen LogP contribution in [-0.4, -0.2) is 20.5 Å². The predicted molar refractivity (Wildman–Crippen MR) is 91.0 cm³/mol. The molecule has 0 spiro atoms. The molecule has 0 aliphatic heterocycles. The minimum absolute atomic E-state index is 0.0380. The van der Waals surface area contributed by atoms with E-state index in [0.717, 1.165) is 11.3 Å². The highest BCUT2D eigenvalue weighted by Gasteiger charge is 2.18. The Morgan fingerprint density at radius 2 is 1.88 bits per heavy atom. The van der Waals surface area contributed by atoms with Crippen molar-refractivity contribution in [3.05, 3.63) is 52.7 Å². The first-order valence-electron chi connectivity index (χ1n) is 7.17. The van der Waals surface area contributed by atoms with E-state index >= 15 is 0 Å². The number of halogens is 1. The van der Waals surface area contributed by atoms with Crippen molar-refractivity contribution in [1.29, 1.82) is 0 Å². The molecule has 0 aliphatic carbocycles. The van der Waals surface area contributed by atoms with Gasteiger partial charge in [-0.1, -0.05) is 12.1 Å². The summed E-state index contributed by atoms with van der Waals surface area (Å²) in [5.41, 5.74) is 0.872. The molecule has 6 heteroatoms. The number of carbonyl (C=O) groups excluding carboxylic acids is 1. The minimum Gasteiger partial charge on any atom is -0.497 e. The van der Waals surface area contributed by atoms with Crippen molar-refractivity contribution < 1.29 is 23.4 Å². The SMILES string of the molecule is COc1ccc(COc2c(OC)cc3sc(C=O)cc3c2F)cc1. The van der Waals surface area contributed by atoms with Crippen molar-refractivity contribution in [3.63, 3.8) is 0 Å². The minimum atomic E-state index is -0.526.